The predicted molar refractivity (Wildman–Crippen MR) is 171 cm³/mol. The van der Waals surface area contributed by atoms with E-state index in [0.717, 1.165) is 36.5 Å². The lowest BCUT2D eigenvalue weighted by molar-refractivity contribution is 0.288. The van der Waals surface area contributed by atoms with Crippen molar-refractivity contribution >= 4 is 0 Å². The molecule has 1 aromatic heterocycles. The van der Waals surface area contributed by atoms with E-state index < -0.39 is 0 Å². The number of benzene rings is 4. The summed E-state index contributed by atoms with van der Waals surface area (Å²) >= 11 is 0. The van der Waals surface area contributed by atoms with E-state index in [4.69, 9.17) is 14.2 Å². The maximum Gasteiger partial charge on any atom is 0.119 e. The number of hydrogen-bond acceptors (Lipinski definition) is 4. The van der Waals surface area contributed by atoms with E-state index in [-0.39, 0.29) is 0 Å². The lowest BCUT2D eigenvalue weighted by Gasteiger charge is -2.26. The van der Waals surface area contributed by atoms with Gasteiger partial charge in [0.05, 0.1) is 0 Å². The summed E-state index contributed by atoms with van der Waals surface area (Å²) in [5.74, 6) is 2.64. The van der Waals surface area contributed by atoms with Crippen LogP contribution in [0.1, 0.15) is 54.2 Å². The van der Waals surface area contributed by atoms with Crippen molar-refractivity contribution in [2.45, 2.75) is 59.9 Å². The highest BCUT2D eigenvalue weighted by Gasteiger charge is 2.22. The van der Waals surface area contributed by atoms with Gasteiger partial charge in [0.1, 0.15) is 37.1 Å². The molecule has 1 heterocycles. The fraction of sp³-hybridized carbons (Fsp3) is 0.237. The molecule has 4 heteroatoms. The second-order valence-corrected chi connectivity index (χ2v) is 9.76. The maximum absolute atomic E-state index is 6.30. The monoisotopic (exact) mass is 559 g/mol. The second kappa shape index (κ2) is 16.6. The first-order valence-electron chi connectivity index (χ1n) is 14.8. The van der Waals surface area contributed by atoms with E-state index in [1.54, 1.807) is 12.4 Å². The standard InChI is InChI=1S/C33H36O3.C5H5N/c1-4-28-31(22-34-25-16-10-7-11-17-25)29(5-2)33(24-36-27-20-14-9-15-21-27)30(6-3)32(28)23-35-26-18-12-8-13-19-26;1-2-4-6-5-3-1/h7-21H,4-6,22-24H2,1-3H3;1-5H. The Balaban J connectivity index is 0.000000600. The molecule has 0 fully saturated rings. The van der Waals surface area contributed by atoms with Crippen molar-refractivity contribution in [1.29, 1.82) is 0 Å². The highest BCUT2D eigenvalue weighted by molar-refractivity contribution is 5.52. The van der Waals surface area contributed by atoms with Crippen LogP contribution in [0.15, 0.2) is 122 Å². The summed E-state index contributed by atoms with van der Waals surface area (Å²) < 4.78 is 18.9. The molecule has 0 spiro atoms. The molecule has 216 valence electrons. The Bertz CT molecular complexity index is 1250. The molecule has 42 heavy (non-hydrogen) atoms. The second-order valence-electron chi connectivity index (χ2n) is 9.76. The van der Waals surface area contributed by atoms with Crippen molar-refractivity contribution in [2.24, 2.45) is 0 Å². The van der Waals surface area contributed by atoms with Gasteiger partial charge < -0.3 is 14.2 Å². The number of hydrogen-bond donors (Lipinski definition) is 0. The topological polar surface area (TPSA) is 40.6 Å². The van der Waals surface area contributed by atoms with Gasteiger partial charge in [-0.05, 0) is 101 Å². The average molecular weight is 560 g/mol. The summed E-state index contributed by atoms with van der Waals surface area (Å²) in [5.41, 5.74) is 7.79. The fourth-order valence-corrected chi connectivity index (χ4v) is 5.23. The van der Waals surface area contributed by atoms with Gasteiger partial charge in [-0.3, -0.25) is 4.98 Å². The number of aromatic nitrogens is 1. The quantitative estimate of drug-likeness (QED) is 0.153. The smallest absolute Gasteiger partial charge is 0.119 e. The molecular weight excluding hydrogens is 518 g/mol. The minimum Gasteiger partial charge on any atom is -0.489 e. The summed E-state index contributed by atoms with van der Waals surface area (Å²) in [5, 5.41) is 0. The number of rotatable bonds is 12. The van der Waals surface area contributed by atoms with Gasteiger partial charge in [0.25, 0.3) is 0 Å². The first kappa shape index (κ1) is 30.4. The van der Waals surface area contributed by atoms with Gasteiger partial charge >= 0.3 is 0 Å². The minimum absolute atomic E-state index is 0.525. The van der Waals surface area contributed by atoms with Crippen LogP contribution >= 0.6 is 0 Å². The normalized spacial score (nSPS) is 10.4. The molecule has 0 unspecified atom stereocenters. The van der Waals surface area contributed by atoms with Crippen molar-refractivity contribution in [3.8, 4) is 17.2 Å². The Labute approximate surface area is 251 Å². The first-order valence-corrected chi connectivity index (χ1v) is 14.8. The third-order valence-corrected chi connectivity index (χ3v) is 7.19. The van der Waals surface area contributed by atoms with E-state index in [1.807, 2.05) is 109 Å². The molecule has 0 aliphatic heterocycles. The lowest BCUT2D eigenvalue weighted by Crippen LogP contribution is -2.17. The summed E-state index contributed by atoms with van der Waals surface area (Å²) in [6.45, 7) is 8.26. The Morgan fingerprint density at radius 1 is 0.381 bits per heavy atom. The Kier molecular flexibility index (Phi) is 12.0. The molecule has 0 aliphatic carbocycles. The van der Waals surface area contributed by atoms with Crippen molar-refractivity contribution in [3.05, 3.63) is 155 Å². The molecule has 0 radical (unpaired) electrons. The zero-order valence-corrected chi connectivity index (χ0v) is 25.0. The molecule has 4 nitrogen and oxygen atoms in total. The van der Waals surface area contributed by atoms with Crippen LogP contribution in [0, 0.1) is 0 Å². The third kappa shape index (κ3) is 8.47. The summed E-state index contributed by atoms with van der Waals surface area (Å²) in [6, 6.07) is 35.9. The van der Waals surface area contributed by atoms with Gasteiger partial charge in [0.2, 0.25) is 0 Å². The molecule has 0 bridgehead atoms. The highest BCUT2D eigenvalue weighted by Crippen LogP contribution is 2.33. The molecule has 0 atom stereocenters. The number of ether oxygens (including phenoxy) is 3. The van der Waals surface area contributed by atoms with Gasteiger partial charge in [-0.25, -0.2) is 0 Å². The van der Waals surface area contributed by atoms with Crippen LogP contribution in [-0.2, 0) is 39.1 Å². The highest BCUT2D eigenvalue weighted by atomic mass is 16.5. The van der Waals surface area contributed by atoms with Crippen LogP contribution in [0.2, 0.25) is 0 Å². The largest absolute Gasteiger partial charge is 0.489 e. The van der Waals surface area contributed by atoms with Gasteiger partial charge in [-0.15, -0.1) is 0 Å². The minimum atomic E-state index is 0.525. The van der Waals surface area contributed by atoms with E-state index >= 15 is 0 Å². The van der Waals surface area contributed by atoms with E-state index in [9.17, 15) is 0 Å². The van der Waals surface area contributed by atoms with E-state index in [1.165, 1.54) is 33.4 Å². The third-order valence-electron chi connectivity index (χ3n) is 7.19. The van der Waals surface area contributed by atoms with Crippen LogP contribution in [-0.4, -0.2) is 4.98 Å². The van der Waals surface area contributed by atoms with Crippen LogP contribution < -0.4 is 14.2 Å². The Hall–Kier alpha value is -4.57. The molecule has 5 aromatic rings. The van der Waals surface area contributed by atoms with Crippen molar-refractivity contribution in [1.82, 2.24) is 4.98 Å². The lowest BCUT2D eigenvalue weighted by atomic mass is 9.84. The van der Waals surface area contributed by atoms with Gasteiger partial charge in [0, 0.05) is 12.4 Å². The molecule has 4 aromatic carbocycles. The van der Waals surface area contributed by atoms with Crippen molar-refractivity contribution in [3.63, 3.8) is 0 Å². The average Bonchev–Trinajstić information content (AvgIpc) is 3.07. The molecule has 0 saturated carbocycles. The molecular formula is C38H41NO3. The Morgan fingerprint density at radius 2 is 0.667 bits per heavy atom. The van der Waals surface area contributed by atoms with Gasteiger partial charge in [0.15, 0.2) is 0 Å². The fourth-order valence-electron chi connectivity index (χ4n) is 5.23. The molecule has 0 N–H and O–H groups in total. The zero-order valence-electron chi connectivity index (χ0n) is 25.0. The van der Waals surface area contributed by atoms with E-state index in [0.29, 0.717) is 19.8 Å². The SMILES string of the molecule is CCc1c(COc2ccccc2)c(CC)c(COc2ccccc2)c(CC)c1COc1ccccc1.c1ccncc1. The Morgan fingerprint density at radius 3 is 0.881 bits per heavy atom. The van der Waals surface area contributed by atoms with Gasteiger partial charge in [-0.2, -0.15) is 0 Å². The van der Waals surface area contributed by atoms with Crippen LogP contribution in [0.25, 0.3) is 0 Å². The van der Waals surface area contributed by atoms with Crippen molar-refractivity contribution < 1.29 is 14.2 Å². The molecule has 0 aliphatic rings. The first-order chi connectivity index (χ1) is 20.7. The maximum atomic E-state index is 6.30. The van der Waals surface area contributed by atoms with Crippen LogP contribution in [0.3, 0.4) is 0 Å². The summed E-state index contributed by atoms with van der Waals surface area (Å²) in [4.78, 5) is 3.78. The van der Waals surface area contributed by atoms with E-state index in [2.05, 4.69) is 25.8 Å². The van der Waals surface area contributed by atoms with Gasteiger partial charge in [-0.1, -0.05) is 81.4 Å². The molecule has 0 amide bonds. The molecule has 0 saturated heterocycles. The predicted octanol–water partition coefficient (Wildman–Crippen LogP) is 9.19. The van der Waals surface area contributed by atoms with Crippen LogP contribution in [0.4, 0.5) is 0 Å². The number of para-hydroxylation sites is 3. The molecule has 5 rings (SSSR count). The number of pyridine rings is 1. The summed E-state index contributed by atoms with van der Waals surface area (Å²) in [6.07, 6.45) is 6.25. The zero-order chi connectivity index (χ0) is 29.4. The van der Waals surface area contributed by atoms with Crippen LogP contribution in [0.5, 0.6) is 17.2 Å². The number of nitrogens with zero attached hydrogens (tertiary/aromatic N) is 1. The summed E-state index contributed by atoms with van der Waals surface area (Å²) in [7, 11) is 0. The van der Waals surface area contributed by atoms with Crippen molar-refractivity contribution in [2.75, 3.05) is 0 Å².